The standard InChI is InChI=1S/C21H23NO6S/c1-26-19-16(24)9-11-5-7-14(22-21(25)28-3)13-10-15(23)17(29-4)8-6-12(13)18(11)20(19)27-2/h6,8-10,14,24H,5,7H2,1-4H3,(H,22,25)/t14-/m0/s1. The Morgan fingerprint density at radius 1 is 1.17 bits per heavy atom. The highest BCUT2D eigenvalue weighted by Gasteiger charge is 2.29. The van der Waals surface area contributed by atoms with Crippen molar-refractivity contribution in [1.82, 2.24) is 5.32 Å². The number of phenolic OH excluding ortho intramolecular Hbond substituents is 1. The topological polar surface area (TPSA) is 94.1 Å². The molecule has 2 aromatic rings. The maximum atomic E-state index is 12.7. The zero-order valence-corrected chi connectivity index (χ0v) is 17.5. The molecule has 154 valence electrons. The molecule has 0 saturated heterocycles. The lowest BCUT2D eigenvalue weighted by Crippen LogP contribution is -2.28. The number of methoxy groups -OCH3 is 3. The molecule has 1 aliphatic carbocycles. The highest BCUT2D eigenvalue weighted by molar-refractivity contribution is 7.98. The number of amides is 1. The van der Waals surface area contributed by atoms with E-state index in [2.05, 4.69) is 5.32 Å². The molecule has 0 spiro atoms. The van der Waals surface area contributed by atoms with Crippen LogP contribution in [0.15, 0.2) is 34.0 Å². The van der Waals surface area contributed by atoms with Crippen LogP contribution in [-0.4, -0.2) is 38.8 Å². The van der Waals surface area contributed by atoms with Gasteiger partial charge in [0.05, 0.1) is 32.3 Å². The third kappa shape index (κ3) is 3.85. The number of ether oxygens (including phenoxy) is 3. The first-order chi connectivity index (χ1) is 13.9. The van der Waals surface area contributed by atoms with E-state index in [4.69, 9.17) is 14.2 Å². The fourth-order valence-corrected chi connectivity index (χ4v) is 4.15. The molecule has 0 unspecified atom stereocenters. The van der Waals surface area contributed by atoms with Crippen molar-refractivity contribution in [3.05, 3.63) is 45.6 Å². The Kier molecular flexibility index (Phi) is 6.22. The van der Waals surface area contributed by atoms with E-state index < -0.39 is 12.1 Å². The third-order valence-electron chi connectivity index (χ3n) is 4.99. The minimum atomic E-state index is -0.580. The van der Waals surface area contributed by atoms with Gasteiger partial charge in [-0.2, -0.15) is 0 Å². The van der Waals surface area contributed by atoms with Crippen LogP contribution in [0.2, 0.25) is 0 Å². The van der Waals surface area contributed by atoms with Gasteiger partial charge in [-0.1, -0.05) is 6.07 Å². The molecule has 1 aliphatic rings. The summed E-state index contributed by atoms with van der Waals surface area (Å²) in [6, 6.07) is 6.35. The van der Waals surface area contributed by atoms with Gasteiger partial charge in [-0.15, -0.1) is 11.8 Å². The number of phenols is 1. The van der Waals surface area contributed by atoms with Crippen LogP contribution in [0.5, 0.6) is 17.2 Å². The number of fused-ring (bicyclic) bond motifs is 3. The van der Waals surface area contributed by atoms with Crippen LogP contribution in [-0.2, 0) is 11.2 Å². The highest BCUT2D eigenvalue weighted by atomic mass is 32.2. The maximum absolute atomic E-state index is 12.7. The number of hydrogen-bond acceptors (Lipinski definition) is 7. The van der Waals surface area contributed by atoms with Gasteiger partial charge in [0.25, 0.3) is 0 Å². The average molecular weight is 417 g/mol. The number of rotatable bonds is 4. The maximum Gasteiger partial charge on any atom is 0.407 e. The fourth-order valence-electron chi connectivity index (χ4n) is 3.68. The number of carbonyl (C=O) groups excluding carboxylic acids is 1. The Morgan fingerprint density at radius 2 is 1.90 bits per heavy atom. The molecule has 0 radical (unpaired) electrons. The van der Waals surface area contributed by atoms with Gasteiger partial charge in [0, 0.05) is 5.56 Å². The Labute approximate surface area is 173 Å². The number of thioether (sulfide) groups is 1. The third-order valence-corrected chi connectivity index (χ3v) is 5.77. The molecule has 0 aromatic heterocycles. The zero-order chi connectivity index (χ0) is 21.1. The van der Waals surface area contributed by atoms with Gasteiger partial charge in [0.15, 0.2) is 16.9 Å². The van der Waals surface area contributed by atoms with Crippen molar-refractivity contribution in [3.8, 4) is 28.4 Å². The van der Waals surface area contributed by atoms with Crippen molar-refractivity contribution < 1.29 is 24.1 Å². The van der Waals surface area contributed by atoms with E-state index in [9.17, 15) is 14.7 Å². The molecule has 0 bridgehead atoms. The molecule has 8 heteroatoms. The number of carbonyl (C=O) groups is 1. The van der Waals surface area contributed by atoms with Gasteiger partial charge in [0.1, 0.15) is 0 Å². The number of benzene rings is 1. The molecule has 29 heavy (non-hydrogen) atoms. The van der Waals surface area contributed by atoms with E-state index in [1.165, 1.54) is 33.1 Å². The average Bonchev–Trinajstić information content (AvgIpc) is 2.96. The van der Waals surface area contributed by atoms with Crippen molar-refractivity contribution in [1.29, 1.82) is 0 Å². The highest BCUT2D eigenvalue weighted by Crippen LogP contribution is 2.49. The second-order valence-electron chi connectivity index (χ2n) is 6.50. The first-order valence-corrected chi connectivity index (χ1v) is 10.2. The lowest BCUT2D eigenvalue weighted by molar-refractivity contribution is 0.166. The van der Waals surface area contributed by atoms with Crippen LogP contribution in [0, 0.1) is 0 Å². The summed E-state index contributed by atoms with van der Waals surface area (Å²) < 4.78 is 15.7. The quantitative estimate of drug-likeness (QED) is 0.735. The number of aryl methyl sites for hydroxylation is 1. The molecular weight excluding hydrogens is 394 g/mol. The molecule has 2 aromatic carbocycles. The summed E-state index contributed by atoms with van der Waals surface area (Å²) in [4.78, 5) is 25.2. The summed E-state index contributed by atoms with van der Waals surface area (Å²) in [6.07, 6.45) is 2.31. The monoisotopic (exact) mass is 417 g/mol. The smallest absolute Gasteiger partial charge is 0.407 e. The Hall–Kier alpha value is -2.87. The molecule has 2 N–H and O–H groups in total. The molecule has 0 heterocycles. The van der Waals surface area contributed by atoms with Gasteiger partial charge in [-0.25, -0.2) is 4.79 Å². The zero-order valence-electron chi connectivity index (χ0n) is 16.7. The minimum Gasteiger partial charge on any atom is -0.504 e. The van der Waals surface area contributed by atoms with Gasteiger partial charge in [-0.05, 0) is 54.0 Å². The molecule has 1 amide bonds. The molecule has 1 atom stereocenters. The second kappa shape index (κ2) is 8.65. The summed E-state index contributed by atoms with van der Waals surface area (Å²) in [6.45, 7) is 0. The Morgan fingerprint density at radius 3 is 2.52 bits per heavy atom. The molecule has 0 saturated carbocycles. The van der Waals surface area contributed by atoms with Gasteiger partial charge in [-0.3, -0.25) is 4.79 Å². The number of aromatic hydroxyl groups is 1. The molecule has 0 aliphatic heterocycles. The van der Waals surface area contributed by atoms with Gasteiger partial charge < -0.3 is 24.6 Å². The predicted octanol–water partition coefficient (Wildman–Crippen LogP) is 3.50. The SMILES string of the molecule is COC(=O)N[C@H]1CCc2cc(O)c(OC)c(OC)c2-c2ccc(SC)c(=O)cc21. The fraction of sp³-hybridized carbons (Fsp3) is 0.333. The van der Waals surface area contributed by atoms with Crippen LogP contribution >= 0.6 is 11.8 Å². The lowest BCUT2D eigenvalue weighted by Gasteiger charge is -2.18. The van der Waals surface area contributed by atoms with Crippen LogP contribution < -0.4 is 20.2 Å². The van der Waals surface area contributed by atoms with E-state index in [0.29, 0.717) is 29.1 Å². The van der Waals surface area contributed by atoms with Crippen molar-refractivity contribution in [2.75, 3.05) is 27.6 Å². The van der Waals surface area contributed by atoms with E-state index in [0.717, 1.165) is 16.7 Å². The molecule has 3 rings (SSSR count). The van der Waals surface area contributed by atoms with E-state index >= 15 is 0 Å². The second-order valence-corrected chi connectivity index (χ2v) is 7.35. The summed E-state index contributed by atoms with van der Waals surface area (Å²) >= 11 is 1.35. The lowest BCUT2D eigenvalue weighted by atomic mass is 9.95. The van der Waals surface area contributed by atoms with Crippen molar-refractivity contribution in [3.63, 3.8) is 0 Å². The Bertz CT molecular complexity index is 1010. The van der Waals surface area contributed by atoms with Crippen LogP contribution in [0.4, 0.5) is 4.79 Å². The first kappa shape index (κ1) is 20.9. The molecule has 7 nitrogen and oxygen atoms in total. The summed E-state index contributed by atoms with van der Waals surface area (Å²) in [7, 11) is 4.25. The van der Waals surface area contributed by atoms with Crippen molar-refractivity contribution in [2.45, 2.75) is 23.8 Å². The predicted molar refractivity (Wildman–Crippen MR) is 111 cm³/mol. The van der Waals surface area contributed by atoms with Crippen molar-refractivity contribution in [2.24, 2.45) is 0 Å². The number of nitrogens with one attached hydrogen (secondary N) is 1. The van der Waals surface area contributed by atoms with Crippen LogP contribution in [0.1, 0.15) is 23.6 Å². The normalized spacial score (nSPS) is 14.8. The summed E-state index contributed by atoms with van der Waals surface area (Å²) in [5.41, 5.74) is 2.81. The minimum absolute atomic E-state index is 0.0290. The van der Waals surface area contributed by atoms with Crippen LogP contribution in [0.25, 0.3) is 11.1 Å². The summed E-state index contributed by atoms with van der Waals surface area (Å²) in [5.74, 6) is 0.570. The van der Waals surface area contributed by atoms with Gasteiger partial charge >= 0.3 is 6.09 Å². The summed E-state index contributed by atoms with van der Waals surface area (Å²) in [5, 5.41) is 13.2. The van der Waals surface area contributed by atoms with Crippen LogP contribution in [0.3, 0.4) is 0 Å². The molecular formula is C21H23NO6S. The first-order valence-electron chi connectivity index (χ1n) is 8.99. The van der Waals surface area contributed by atoms with E-state index in [1.54, 1.807) is 18.2 Å². The number of hydrogen-bond donors (Lipinski definition) is 2. The molecule has 0 fully saturated rings. The largest absolute Gasteiger partial charge is 0.504 e. The van der Waals surface area contributed by atoms with E-state index in [1.807, 2.05) is 12.3 Å². The van der Waals surface area contributed by atoms with Gasteiger partial charge in [0.2, 0.25) is 5.75 Å². The van der Waals surface area contributed by atoms with Crippen molar-refractivity contribution >= 4 is 17.9 Å². The number of alkyl carbamates (subject to hydrolysis) is 1. The Balaban J connectivity index is 2.37. The van der Waals surface area contributed by atoms with E-state index in [-0.39, 0.29) is 16.9 Å².